The maximum absolute atomic E-state index is 11.4. The molecule has 19 heavy (non-hydrogen) atoms. The minimum absolute atomic E-state index is 0.00960. The van der Waals surface area contributed by atoms with Crippen molar-refractivity contribution in [2.45, 2.75) is 6.92 Å². The number of carbonyl (C=O) groups excluding carboxylic acids is 1. The summed E-state index contributed by atoms with van der Waals surface area (Å²) in [4.78, 5) is 26.0. The SMILES string of the molecule is CCNC(=O)CNc1ccc2scnc2c1[N+](=O)[O-]. The molecular formula is C11H12N4O3S. The normalized spacial score (nSPS) is 10.4. The molecule has 1 aromatic carbocycles. The first-order valence-corrected chi connectivity index (χ1v) is 6.52. The summed E-state index contributed by atoms with van der Waals surface area (Å²) in [6.45, 7) is 2.32. The summed E-state index contributed by atoms with van der Waals surface area (Å²) in [6.07, 6.45) is 0. The van der Waals surface area contributed by atoms with Crippen molar-refractivity contribution in [1.29, 1.82) is 0 Å². The van der Waals surface area contributed by atoms with Crippen LogP contribution in [0.3, 0.4) is 0 Å². The van der Waals surface area contributed by atoms with Gasteiger partial charge in [0.15, 0.2) is 5.52 Å². The molecule has 0 bridgehead atoms. The Morgan fingerprint density at radius 2 is 2.32 bits per heavy atom. The average Bonchev–Trinajstić information content (AvgIpc) is 2.83. The first-order chi connectivity index (χ1) is 9.13. The van der Waals surface area contributed by atoms with Crippen molar-refractivity contribution >= 4 is 38.8 Å². The highest BCUT2D eigenvalue weighted by Gasteiger charge is 2.20. The van der Waals surface area contributed by atoms with E-state index in [2.05, 4.69) is 15.6 Å². The molecule has 0 aliphatic carbocycles. The Labute approximate surface area is 112 Å². The fourth-order valence-corrected chi connectivity index (χ4v) is 2.36. The van der Waals surface area contributed by atoms with E-state index < -0.39 is 4.92 Å². The lowest BCUT2D eigenvalue weighted by Gasteiger charge is -2.07. The molecule has 2 aromatic rings. The van der Waals surface area contributed by atoms with Crippen molar-refractivity contribution in [2.24, 2.45) is 0 Å². The number of aromatic nitrogens is 1. The number of benzene rings is 1. The van der Waals surface area contributed by atoms with Crippen LogP contribution in [0.25, 0.3) is 10.2 Å². The summed E-state index contributed by atoms with van der Waals surface area (Å²) in [5.74, 6) is -0.213. The minimum atomic E-state index is -0.484. The van der Waals surface area contributed by atoms with Crippen LogP contribution in [0.1, 0.15) is 6.92 Å². The molecular weight excluding hydrogens is 268 g/mol. The zero-order chi connectivity index (χ0) is 13.8. The number of hydrogen-bond acceptors (Lipinski definition) is 6. The Bertz CT molecular complexity index is 625. The molecule has 0 radical (unpaired) electrons. The van der Waals surface area contributed by atoms with Gasteiger partial charge in [-0.2, -0.15) is 0 Å². The van der Waals surface area contributed by atoms with Crippen LogP contribution in [0.15, 0.2) is 17.6 Å². The number of nitro groups is 1. The Morgan fingerprint density at radius 3 is 3.00 bits per heavy atom. The van der Waals surface area contributed by atoms with Gasteiger partial charge in [0.1, 0.15) is 5.69 Å². The lowest BCUT2D eigenvalue weighted by atomic mass is 10.2. The van der Waals surface area contributed by atoms with Gasteiger partial charge in [-0.05, 0) is 19.1 Å². The highest BCUT2D eigenvalue weighted by molar-refractivity contribution is 7.16. The molecule has 2 N–H and O–H groups in total. The Kier molecular flexibility index (Phi) is 3.91. The molecule has 0 fully saturated rings. The van der Waals surface area contributed by atoms with Crippen molar-refractivity contribution in [3.8, 4) is 0 Å². The molecule has 1 aromatic heterocycles. The molecule has 0 atom stereocenters. The summed E-state index contributed by atoms with van der Waals surface area (Å²) in [5, 5.41) is 16.5. The van der Waals surface area contributed by atoms with Crippen LogP contribution < -0.4 is 10.6 Å². The molecule has 1 heterocycles. The zero-order valence-corrected chi connectivity index (χ0v) is 11.0. The first kappa shape index (κ1) is 13.2. The van der Waals surface area contributed by atoms with Crippen molar-refractivity contribution in [2.75, 3.05) is 18.4 Å². The summed E-state index contributed by atoms with van der Waals surface area (Å²) in [6, 6.07) is 3.35. The number of carbonyl (C=O) groups is 1. The van der Waals surface area contributed by atoms with Gasteiger partial charge < -0.3 is 10.6 Å². The molecule has 0 unspecified atom stereocenters. The maximum Gasteiger partial charge on any atom is 0.319 e. The quantitative estimate of drug-likeness (QED) is 0.642. The van der Waals surface area contributed by atoms with Crippen molar-refractivity contribution in [3.05, 3.63) is 27.8 Å². The number of likely N-dealkylation sites (N-methyl/N-ethyl adjacent to an activating group) is 1. The van der Waals surface area contributed by atoms with E-state index in [1.165, 1.54) is 11.3 Å². The number of hydrogen-bond donors (Lipinski definition) is 2. The summed E-state index contributed by atoms with van der Waals surface area (Å²) >= 11 is 1.34. The smallest absolute Gasteiger partial charge is 0.319 e. The third-order valence-electron chi connectivity index (χ3n) is 2.47. The molecule has 0 aliphatic heterocycles. The molecule has 7 nitrogen and oxygen atoms in total. The number of nitro benzene ring substituents is 1. The second kappa shape index (κ2) is 5.61. The van der Waals surface area contributed by atoms with E-state index in [1.807, 2.05) is 6.92 Å². The lowest BCUT2D eigenvalue weighted by molar-refractivity contribution is -0.382. The molecule has 1 amide bonds. The fourth-order valence-electron chi connectivity index (χ4n) is 1.68. The van der Waals surface area contributed by atoms with Gasteiger partial charge in [-0.15, -0.1) is 11.3 Å². The van der Waals surface area contributed by atoms with Crippen LogP contribution in [-0.2, 0) is 4.79 Å². The predicted octanol–water partition coefficient (Wildman–Crippen LogP) is 1.75. The van der Waals surface area contributed by atoms with E-state index in [-0.39, 0.29) is 18.1 Å². The second-order valence-electron chi connectivity index (χ2n) is 3.73. The van der Waals surface area contributed by atoms with Crippen LogP contribution in [0.5, 0.6) is 0 Å². The van der Waals surface area contributed by atoms with Gasteiger partial charge in [0.05, 0.1) is 21.7 Å². The first-order valence-electron chi connectivity index (χ1n) is 5.64. The number of nitrogens with one attached hydrogen (secondary N) is 2. The van der Waals surface area contributed by atoms with Gasteiger partial charge in [0, 0.05) is 6.54 Å². The monoisotopic (exact) mass is 280 g/mol. The van der Waals surface area contributed by atoms with E-state index in [0.29, 0.717) is 17.7 Å². The lowest BCUT2D eigenvalue weighted by Crippen LogP contribution is -2.29. The number of thiazole rings is 1. The number of amides is 1. The van der Waals surface area contributed by atoms with E-state index in [0.717, 1.165) is 4.70 Å². The second-order valence-corrected chi connectivity index (χ2v) is 4.61. The molecule has 8 heteroatoms. The van der Waals surface area contributed by atoms with Crippen molar-refractivity contribution in [3.63, 3.8) is 0 Å². The summed E-state index contributed by atoms with van der Waals surface area (Å²) < 4.78 is 0.746. The maximum atomic E-state index is 11.4. The number of rotatable bonds is 5. The van der Waals surface area contributed by atoms with E-state index in [9.17, 15) is 14.9 Å². The minimum Gasteiger partial charge on any atom is -0.370 e. The van der Waals surface area contributed by atoms with Crippen molar-refractivity contribution in [1.82, 2.24) is 10.3 Å². The van der Waals surface area contributed by atoms with Crippen molar-refractivity contribution < 1.29 is 9.72 Å². The van der Waals surface area contributed by atoms with Gasteiger partial charge in [-0.1, -0.05) is 0 Å². The third-order valence-corrected chi connectivity index (χ3v) is 3.27. The molecule has 100 valence electrons. The van der Waals surface area contributed by atoms with E-state index in [4.69, 9.17) is 0 Å². The Balaban J connectivity index is 2.29. The van der Waals surface area contributed by atoms with Crippen LogP contribution in [0, 0.1) is 10.1 Å². The number of nitrogens with zero attached hydrogens (tertiary/aromatic N) is 2. The van der Waals surface area contributed by atoms with Crippen LogP contribution >= 0.6 is 11.3 Å². The Hall–Kier alpha value is -2.22. The van der Waals surface area contributed by atoms with Gasteiger partial charge >= 0.3 is 5.69 Å². The largest absolute Gasteiger partial charge is 0.370 e. The summed E-state index contributed by atoms with van der Waals surface area (Å²) in [7, 11) is 0. The number of fused-ring (bicyclic) bond motifs is 1. The van der Waals surface area contributed by atoms with Crippen LogP contribution in [0.2, 0.25) is 0 Å². The summed E-state index contributed by atoms with van der Waals surface area (Å²) in [5.41, 5.74) is 2.11. The zero-order valence-electron chi connectivity index (χ0n) is 10.2. The van der Waals surface area contributed by atoms with Gasteiger partial charge in [-0.3, -0.25) is 14.9 Å². The van der Waals surface area contributed by atoms with E-state index >= 15 is 0 Å². The topological polar surface area (TPSA) is 97.2 Å². The Morgan fingerprint density at radius 1 is 1.53 bits per heavy atom. The average molecular weight is 280 g/mol. The highest BCUT2D eigenvalue weighted by atomic mass is 32.1. The molecule has 2 rings (SSSR count). The van der Waals surface area contributed by atoms with Crippen LogP contribution in [0.4, 0.5) is 11.4 Å². The van der Waals surface area contributed by atoms with Gasteiger partial charge in [-0.25, -0.2) is 4.98 Å². The standard InChI is InChI=1S/C11H12N4O3S/c1-2-12-9(16)5-13-7-3-4-8-10(14-6-19-8)11(7)15(17)18/h3-4,6,13H,2,5H2,1H3,(H,12,16). The molecule has 0 aliphatic rings. The van der Waals surface area contributed by atoms with E-state index in [1.54, 1.807) is 17.6 Å². The highest BCUT2D eigenvalue weighted by Crippen LogP contribution is 2.34. The molecule has 0 saturated heterocycles. The van der Waals surface area contributed by atoms with Gasteiger partial charge in [0.2, 0.25) is 5.91 Å². The number of anilines is 1. The predicted molar refractivity (Wildman–Crippen MR) is 73.4 cm³/mol. The van der Waals surface area contributed by atoms with Gasteiger partial charge in [0.25, 0.3) is 0 Å². The van der Waals surface area contributed by atoms with Crippen LogP contribution in [-0.4, -0.2) is 28.9 Å². The molecule has 0 saturated carbocycles. The fraction of sp³-hybridized carbons (Fsp3) is 0.273. The molecule has 0 spiro atoms. The third kappa shape index (κ3) is 2.79.